The number of methoxy groups -OCH3 is 3. The second kappa shape index (κ2) is 12.3. The van der Waals surface area contributed by atoms with E-state index in [1.54, 1.807) is 35.2 Å². The van der Waals surface area contributed by atoms with Crippen LogP contribution in [-0.2, 0) is 14.0 Å². The van der Waals surface area contributed by atoms with Crippen molar-refractivity contribution in [2.75, 3.05) is 39.8 Å². The SMILES string of the molecule is COC(=O)Nc1ccccc1C1C(C(=O)O)c2cc(OC)c(OC)cc2C(=O)N1CCCO[Si](C)(C)C(C)(C)C. The molecule has 11 heteroatoms. The van der Waals surface area contributed by atoms with Gasteiger partial charge in [-0.15, -0.1) is 0 Å². The highest BCUT2D eigenvalue weighted by Gasteiger charge is 2.46. The predicted molar refractivity (Wildman–Crippen MR) is 154 cm³/mol. The average Bonchev–Trinajstić information content (AvgIpc) is 2.90. The van der Waals surface area contributed by atoms with Gasteiger partial charge in [-0.1, -0.05) is 39.0 Å². The Bertz CT molecular complexity index is 1260. The van der Waals surface area contributed by atoms with Gasteiger partial charge in [-0.25, -0.2) is 4.79 Å². The number of nitrogens with one attached hydrogen (secondary N) is 1. The molecule has 2 atom stereocenters. The molecule has 0 saturated heterocycles. The van der Waals surface area contributed by atoms with Crippen LogP contribution in [0.3, 0.4) is 0 Å². The van der Waals surface area contributed by atoms with Crippen LogP contribution in [0.25, 0.3) is 0 Å². The molecule has 0 aromatic heterocycles. The molecule has 0 spiro atoms. The van der Waals surface area contributed by atoms with Gasteiger partial charge in [0.15, 0.2) is 19.8 Å². The van der Waals surface area contributed by atoms with Crippen molar-refractivity contribution in [3.8, 4) is 11.5 Å². The molecule has 1 aliphatic rings. The summed E-state index contributed by atoms with van der Waals surface area (Å²) < 4.78 is 22.0. The van der Waals surface area contributed by atoms with Crippen molar-refractivity contribution in [3.63, 3.8) is 0 Å². The molecule has 0 bridgehead atoms. The number of fused-ring (bicyclic) bond motifs is 1. The van der Waals surface area contributed by atoms with Crippen molar-refractivity contribution < 1.29 is 38.1 Å². The minimum Gasteiger partial charge on any atom is -0.493 e. The Labute approximate surface area is 236 Å². The summed E-state index contributed by atoms with van der Waals surface area (Å²) in [4.78, 5) is 40.7. The first-order chi connectivity index (χ1) is 18.8. The average molecular weight is 573 g/mol. The molecule has 0 aliphatic carbocycles. The van der Waals surface area contributed by atoms with Gasteiger partial charge in [0.05, 0.1) is 27.4 Å². The van der Waals surface area contributed by atoms with Crippen LogP contribution in [0.4, 0.5) is 10.5 Å². The largest absolute Gasteiger partial charge is 0.493 e. The predicted octanol–water partition coefficient (Wildman–Crippen LogP) is 5.66. The number of carboxylic acid groups (broad SMARTS) is 1. The normalized spacial score (nSPS) is 17.2. The Balaban J connectivity index is 2.12. The fourth-order valence-corrected chi connectivity index (χ4v) is 5.72. The summed E-state index contributed by atoms with van der Waals surface area (Å²) in [7, 11) is 2.13. The molecule has 0 fully saturated rings. The van der Waals surface area contributed by atoms with Gasteiger partial charge in [-0.2, -0.15) is 0 Å². The molecular weight excluding hydrogens is 532 g/mol. The summed E-state index contributed by atoms with van der Waals surface area (Å²) in [6.07, 6.45) is -0.210. The third-order valence-electron chi connectivity index (χ3n) is 7.81. The molecule has 1 heterocycles. The number of benzene rings is 2. The van der Waals surface area contributed by atoms with E-state index in [9.17, 15) is 19.5 Å². The van der Waals surface area contributed by atoms with Gasteiger partial charge in [0.2, 0.25) is 0 Å². The molecular formula is C29H40N2O8Si. The van der Waals surface area contributed by atoms with E-state index in [2.05, 4.69) is 39.2 Å². The second-order valence-corrected chi connectivity index (χ2v) is 16.0. The first-order valence-electron chi connectivity index (χ1n) is 13.1. The third kappa shape index (κ3) is 6.25. The number of hydrogen-bond acceptors (Lipinski definition) is 7. The van der Waals surface area contributed by atoms with E-state index in [1.807, 2.05) is 0 Å². The lowest BCUT2D eigenvalue weighted by atomic mass is 9.79. The molecule has 218 valence electrons. The van der Waals surface area contributed by atoms with E-state index in [0.29, 0.717) is 41.3 Å². The van der Waals surface area contributed by atoms with Crippen LogP contribution < -0.4 is 14.8 Å². The first kappa shape index (κ1) is 31.0. The maximum Gasteiger partial charge on any atom is 0.411 e. The minimum absolute atomic E-state index is 0.0257. The quantitative estimate of drug-likeness (QED) is 0.276. The topological polar surface area (TPSA) is 124 Å². The van der Waals surface area contributed by atoms with Crippen LogP contribution in [0.1, 0.15) is 60.6 Å². The van der Waals surface area contributed by atoms with Gasteiger partial charge in [0, 0.05) is 24.4 Å². The van der Waals surface area contributed by atoms with E-state index >= 15 is 0 Å². The van der Waals surface area contributed by atoms with Crippen LogP contribution >= 0.6 is 0 Å². The summed E-state index contributed by atoms with van der Waals surface area (Å²) in [6.45, 7) is 11.5. The maximum absolute atomic E-state index is 14.1. The van der Waals surface area contributed by atoms with Crippen molar-refractivity contribution in [2.45, 2.75) is 57.3 Å². The smallest absolute Gasteiger partial charge is 0.411 e. The number of amides is 2. The Morgan fingerprint density at radius 3 is 2.23 bits per heavy atom. The number of aliphatic carboxylic acids is 1. The monoisotopic (exact) mass is 572 g/mol. The highest BCUT2D eigenvalue weighted by Crippen LogP contribution is 2.48. The Hall–Kier alpha value is -3.57. The van der Waals surface area contributed by atoms with E-state index in [1.165, 1.54) is 27.4 Å². The molecule has 3 rings (SSSR count). The van der Waals surface area contributed by atoms with Crippen LogP contribution in [0, 0.1) is 0 Å². The molecule has 2 aromatic rings. The number of para-hydroxylation sites is 1. The molecule has 2 unspecified atom stereocenters. The van der Waals surface area contributed by atoms with Crippen molar-refractivity contribution in [2.24, 2.45) is 0 Å². The number of carbonyl (C=O) groups is 3. The minimum atomic E-state index is -2.02. The van der Waals surface area contributed by atoms with Crippen molar-refractivity contribution in [3.05, 3.63) is 53.1 Å². The molecule has 2 amide bonds. The van der Waals surface area contributed by atoms with Gasteiger partial charge in [0.25, 0.3) is 5.91 Å². The van der Waals surface area contributed by atoms with Gasteiger partial charge in [-0.05, 0) is 53.9 Å². The van der Waals surface area contributed by atoms with Gasteiger partial charge in [0.1, 0.15) is 5.92 Å². The lowest BCUT2D eigenvalue weighted by Gasteiger charge is -2.42. The van der Waals surface area contributed by atoms with Gasteiger partial charge >= 0.3 is 12.1 Å². The molecule has 2 aromatic carbocycles. The van der Waals surface area contributed by atoms with Crippen molar-refractivity contribution >= 4 is 32.0 Å². The molecule has 0 saturated carbocycles. The van der Waals surface area contributed by atoms with Gasteiger partial charge < -0.3 is 28.6 Å². The van der Waals surface area contributed by atoms with Crippen LogP contribution in [0.2, 0.25) is 18.1 Å². The van der Waals surface area contributed by atoms with E-state index in [4.69, 9.17) is 18.6 Å². The maximum atomic E-state index is 14.1. The number of carbonyl (C=O) groups excluding carboxylic acids is 2. The summed E-state index contributed by atoms with van der Waals surface area (Å²) in [5.41, 5.74) is 1.36. The Morgan fingerprint density at radius 2 is 1.65 bits per heavy atom. The summed E-state index contributed by atoms with van der Waals surface area (Å²) >= 11 is 0. The zero-order valence-electron chi connectivity index (χ0n) is 24.5. The molecule has 1 aliphatic heterocycles. The molecule has 0 radical (unpaired) electrons. The zero-order chi connectivity index (χ0) is 29.8. The summed E-state index contributed by atoms with van der Waals surface area (Å²) in [5, 5.41) is 13.2. The fraction of sp³-hybridized carbons (Fsp3) is 0.483. The number of hydrogen-bond donors (Lipinski definition) is 2. The molecule has 10 nitrogen and oxygen atoms in total. The number of carboxylic acids is 1. The van der Waals surface area contributed by atoms with Crippen molar-refractivity contribution in [1.82, 2.24) is 4.90 Å². The van der Waals surface area contributed by atoms with E-state index in [-0.39, 0.29) is 23.1 Å². The Kier molecular flexibility index (Phi) is 9.52. The van der Waals surface area contributed by atoms with Crippen LogP contribution in [-0.4, -0.2) is 70.8 Å². The first-order valence-corrected chi connectivity index (χ1v) is 16.1. The highest BCUT2D eigenvalue weighted by atomic mass is 28.4. The summed E-state index contributed by atoms with van der Waals surface area (Å²) in [6, 6.07) is 8.96. The highest BCUT2D eigenvalue weighted by molar-refractivity contribution is 6.74. The number of rotatable bonds is 10. The zero-order valence-corrected chi connectivity index (χ0v) is 25.5. The van der Waals surface area contributed by atoms with Gasteiger partial charge in [-0.3, -0.25) is 14.9 Å². The van der Waals surface area contributed by atoms with Crippen molar-refractivity contribution in [1.29, 1.82) is 0 Å². The van der Waals surface area contributed by atoms with E-state index in [0.717, 1.165) is 0 Å². The van der Waals surface area contributed by atoms with E-state index < -0.39 is 32.3 Å². The summed E-state index contributed by atoms with van der Waals surface area (Å²) in [5.74, 6) is -1.99. The fourth-order valence-electron chi connectivity index (χ4n) is 4.63. The van der Waals surface area contributed by atoms with Crippen LogP contribution in [0.15, 0.2) is 36.4 Å². The standard InChI is InChI=1S/C29H40N2O8Si/c1-29(2,3)40(7,8)39-15-11-14-31-25(18-12-9-10-13-21(18)30-28(35)38-6)24(27(33)34)19-16-22(36-4)23(37-5)17-20(19)26(31)32/h9-10,12-13,16-17,24-25H,11,14-15H2,1-8H3,(H,30,35)(H,33,34). The van der Waals surface area contributed by atoms with Crippen LogP contribution in [0.5, 0.6) is 11.5 Å². The number of nitrogens with zero attached hydrogens (tertiary/aromatic N) is 1. The lowest BCUT2D eigenvalue weighted by Crippen LogP contribution is -2.46. The number of anilines is 1. The molecule has 2 N–H and O–H groups in total. The third-order valence-corrected chi connectivity index (χ3v) is 12.4. The Morgan fingerprint density at radius 1 is 1.02 bits per heavy atom. The second-order valence-electron chi connectivity index (χ2n) is 11.2. The number of ether oxygens (including phenoxy) is 3. The lowest BCUT2D eigenvalue weighted by molar-refractivity contribution is -0.140. The molecule has 40 heavy (non-hydrogen) atoms.